The molecule has 0 radical (unpaired) electrons. The van der Waals surface area contributed by atoms with Crippen LogP contribution in [0.1, 0.15) is 51.5 Å². The van der Waals surface area contributed by atoms with Crippen LogP contribution in [-0.4, -0.2) is 77.2 Å². The van der Waals surface area contributed by atoms with Gasteiger partial charge in [-0.2, -0.15) is 5.10 Å². The first-order valence-corrected chi connectivity index (χ1v) is 13.8. The van der Waals surface area contributed by atoms with Crippen LogP contribution < -0.4 is 4.74 Å². The largest absolute Gasteiger partial charge is 0.488 e. The van der Waals surface area contributed by atoms with E-state index in [4.69, 9.17) is 21.1 Å². The fourth-order valence-electron chi connectivity index (χ4n) is 4.86. The smallest absolute Gasteiger partial charge is 0.410 e. The number of nitrogens with zero attached hydrogens (tertiary/aromatic N) is 7. The van der Waals surface area contributed by atoms with Crippen molar-refractivity contribution in [3.8, 4) is 17.0 Å². The first-order valence-electron chi connectivity index (χ1n) is 13.4. The molecule has 1 unspecified atom stereocenters. The summed E-state index contributed by atoms with van der Waals surface area (Å²) in [6, 6.07) is 3.66. The standard InChI is InChI=1S/C28H32ClF2N7O4/c1-16-24(34-35-38(16)21-8-9-36(14-20(21)31)26(39)42-27(2,3)4)17-10-22(25-19(29)12-33-37(25)13-17)41-15-28(5,40)23-7-6-18(30)11-32-23/h6-7,10-13,20-21,40H,8-9,14-15H2,1-5H3/t20-,21+,28?/m0/s1. The van der Waals surface area contributed by atoms with E-state index in [2.05, 4.69) is 20.4 Å². The topological polar surface area (TPSA) is 120 Å². The molecule has 1 saturated heterocycles. The lowest BCUT2D eigenvalue weighted by atomic mass is 10.0. The van der Waals surface area contributed by atoms with Gasteiger partial charge in [0.25, 0.3) is 0 Å². The second kappa shape index (κ2) is 11.1. The molecule has 0 saturated carbocycles. The SMILES string of the molecule is Cc1c(-c2cc(OCC(C)(O)c3ccc(F)cn3)c3c(Cl)cnn3c2)nnn1[C@@H]1CCN(C(=O)OC(C)(C)C)C[C@@H]1F. The molecule has 1 aliphatic rings. The summed E-state index contributed by atoms with van der Waals surface area (Å²) in [5.74, 6) is -0.215. The molecule has 3 atom stereocenters. The van der Waals surface area contributed by atoms with Crippen molar-refractivity contribution < 1.29 is 28.2 Å². The molecule has 0 aromatic carbocycles. The fraction of sp³-hybridized carbons (Fsp3) is 0.464. The summed E-state index contributed by atoms with van der Waals surface area (Å²) in [5, 5.41) is 24.2. The Morgan fingerprint density at radius 3 is 2.67 bits per heavy atom. The molecule has 1 fully saturated rings. The van der Waals surface area contributed by atoms with Crippen LogP contribution in [0, 0.1) is 12.7 Å². The average Bonchev–Trinajstić information content (AvgIpc) is 3.48. The minimum Gasteiger partial charge on any atom is -0.488 e. The number of carbonyl (C=O) groups excluding carboxylic acids is 1. The molecule has 4 aromatic rings. The van der Waals surface area contributed by atoms with Gasteiger partial charge in [0.1, 0.15) is 46.8 Å². The number of piperidine rings is 1. The van der Waals surface area contributed by atoms with Gasteiger partial charge in [-0.15, -0.1) is 5.10 Å². The summed E-state index contributed by atoms with van der Waals surface area (Å²) in [4.78, 5) is 17.8. The number of aromatic nitrogens is 6. The van der Waals surface area contributed by atoms with Gasteiger partial charge in [-0.1, -0.05) is 16.8 Å². The van der Waals surface area contributed by atoms with Gasteiger partial charge in [0.15, 0.2) is 0 Å². The van der Waals surface area contributed by atoms with E-state index in [1.165, 1.54) is 39.4 Å². The maximum atomic E-state index is 15.4. The van der Waals surface area contributed by atoms with E-state index < -0.39 is 35.3 Å². The van der Waals surface area contributed by atoms with E-state index in [-0.39, 0.29) is 18.8 Å². The third-order valence-electron chi connectivity index (χ3n) is 6.99. The Morgan fingerprint density at radius 2 is 2.00 bits per heavy atom. The number of hydrogen-bond donors (Lipinski definition) is 1. The molecular weight excluding hydrogens is 572 g/mol. The van der Waals surface area contributed by atoms with E-state index in [0.29, 0.717) is 46.2 Å². The normalized spacial score (nSPS) is 19.1. The lowest BCUT2D eigenvalue weighted by molar-refractivity contribution is 0.00410. The Balaban J connectivity index is 1.39. The number of aliphatic hydroxyl groups is 1. The highest BCUT2D eigenvalue weighted by molar-refractivity contribution is 6.34. The molecule has 5 rings (SSSR count). The minimum absolute atomic E-state index is 0.118. The first-order chi connectivity index (χ1) is 19.7. The van der Waals surface area contributed by atoms with Crippen LogP contribution >= 0.6 is 11.6 Å². The van der Waals surface area contributed by atoms with Crippen LogP contribution in [0.5, 0.6) is 5.75 Å². The zero-order valence-electron chi connectivity index (χ0n) is 23.9. The zero-order chi connectivity index (χ0) is 30.4. The highest BCUT2D eigenvalue weighted by atomic mass is 35.5. The van der Waals surface area contributed by atoms with Crippen molar-refractivity contribution in [3.05, 3.63) is 59.0 Å². The Bertz CT molecular complexity index is 1600. The molecule has 14 heteroatoms. The van der Waals surface area contributed by atoms with Crippen LogP contribution in [0.15, 0.2) is 36.8 Å². The third-order valence-corrected chi connectivity index (χ3v) is 7.27. The maximum Gasteiger partial charge on any atom is 0.410 e. The maximum absolute atomic E-state index is 15.4. The van der Waals surface area contributed by atoms with Crippen LogP contribution in [0.2, 0.25) is 5.02 Å². The van der Waals surface area contributed by atoms with Gasteiger partial charge in [0.05, 0.1) is 41.4 Å². The van der Waals surface area contributed by atoms with Gasteiger partial charge in [-0.25, -0.2) is 22.8 Å². The Hall–Kier alpha value is -3.84. The van der Waals surface area contributed by atoms with Crippen molar-refractivity contribution in [1.82, 2.24) is 34.5 Å². The molecular formula is C28H32ClF2N7O4. The van der Waals surface area contributed by atoms with Gasteiger partial charge in [0.2, 0.25) is 0 Å². The number of hydrogen-bond acceptors (Lipinski definition) is 8. The van der Waals surface area contributed by atoms with Gasteiger partial charge in [-0.3, -0.25) is 4.98 Å². The number of likely N-dealkylation sites (tertiary alicyclic amines) is 1. The third kappa shape index (κ3) is 6.02. The van der Waals surface area contributed by atoms with Crippen molar-refractivity contribution >= 4 is 23.2 Å². The second-order valence-electron chi connectivity index (χ2n) is 11.6. The highest BCUT2D eigenvalue weighted by Gasteiger charge is 2.36. The van der Waals surface area contributed by atoms with E-state index in [1.54, 1.807) is 40.0 Å². The lowest BCUT2D eigenvalue weighted by Gasteiger charge is -2.35. The summed E-state index contributed by atoms with van der Waals surface area (Å²) in [6.45, 7) is 8.55. The van der Waals surface area contributed by atoms with Crippen molar-refractivity contribution in [2.45, 2.75) is 64.5 Å². The molecule has 1 amide bonds. The molecule has 11 nitrogen and oxygen atoms in total. The van der Waals surface area contributed by atoms with Crippen molar-refractivity contribution in [1.29, 1.82) is 0 Å². The van der Waals surface area contributed by atoms with E-state index in [1.807, 2.05) is 0 Å². The first kappa shape index (κ1) is 29.6. The molecule has 1 N–H and O–H groups in total. The number of amides is 1. The summed E-state index contributed by atoms with van der Waals surface area (Å²) in [6.07, 6.45) is 2.58. The quantitative estimate of drug-likeness (QED) is 0.331. The number of halogens is 3. The zero-order valence-corrected chi connectivity index (χ0v) is 24.6. The summed E-state index contributed by atoms with van der Waals surface area (Å²) >= 11 is 6.39. The Morgan fingerprint density at radius 1 is 1.24 bits per heavy atom. The molecule has 4 aromatic heterocycles. The van der Waals surface area contributed by atoms with E-state index in [9.17, 15) is 14.3 Å². The van der Waals surface area contributed by atoms with E-state index >= 15 is 4.39 Å². The monoisotopic (exact) mass is 603 g/mol. The van der Waals surface area contributed by atoms with Crippen LogP contribution in [0.25, 0.3) is 16.8 Å². The Kier molecular flexibility index (Phi) is 7.84. The van der Waals surface area contributed by atoms with Crippen LogP contribution in [0.3, 0.4) is 0 Å². The molecule has 1 aliphatic heterocycles. The summed E-state index contributed by atoms with van der Waals surface area (Å²) in [7, 11) is 0. The highest BCUT2D eigenvalue weighted by Crippen LogP contribution is 2.35. The predicted octanol–water partition coefficient (Wildman–Crippen LogP) is 4.90. The lowest BCUT2D eigenvalue weighted by Crippen LogP contribution is -2.47. The molecule has 224 valence electrons. The number of ether oxygens (including phenoxy) is 2. The van der Waals surface area contributed by atoms with Crippen molar-refractivity contribution in [3.63, 3.8) is 0 Å². The predicted molar refractivity (Wildman–Crippen MR) is 150 cm³/mol. The van der Waals surface area contributed by atoms with Gasteiger partial charge in [-0.05, 0) is 59.2 Å². The molecule has 0 spiro atoms. The van der Waals surface area contributed by atoms with Crippen LogP contribution in [-0.2, 0) is 10.3 Å². The average molecular weight is 604 g/mol. The van der Waals surface area contributed by atoms with Crippen LogP contribution in [0.4, 0.5) is 13.6 Å². The van der Waals surface area contributed by atoms with E-state index in [0.717, 1.165) is 6.20 Å². The van der Waals surface area contributed by atoms with Gasteiger partial charge < -0.3 is 19.5 Å². The van der Waals surface area contributed by atoms with Gasteiger partial charge >= 0.3 is 6.09 Å². The fourth-order valence-corrected chi connectivity index (χ4v) is 5.08. The Labute approximate surface area is 246 Å². The minimum atomic E-state index is -1.55. The number of alkyl halides is 1. The molecule has 5 heterocycles. The molecule has 0 bridgehead atoms. The summed E-state index contributed by atoms with van der Waals surface area (Å²) < 4.78 is 43.2. The number of pyridine rings is 2. The number of carbonyl (C=O) groups is 1. The van der Waals surface area contributed by atoms with Gasteiger partial charge in [0, 0.05) is 18.3 Å². The van der Waals surface area contributed by atoms with Crippen molar-refractivity contribution in [2.75, 3.05) is 19.7 Å². The molecule has 42 heavy (non-hydrogen) atoms. The van der Waals surface area contributed by atoms with Crippen molar-refractivity contribution in [2.24, 2.45) is 0 Å². The summed E-state index contributed by atoms with van der Waals surface area (Å²) in [5.41, 5.74) is 0.132. The second-order valence-corrected chi connectivity index (χ2v) is 12.0. The number of rotatable bonds is 6. The number of fused-ring (bicyclic) bond motifs is 1. The molecule has 0 aliphatic carbocycles.